The van der Waals surface area contributed by atoms with Gasteiger partial charge in [-0.1, -0.05) is 12.1 Å². The summed E-state index contributed by atoms with van der Waals surface area (Å²) in [6.07, 6.45) is 0.378. The third-order valence-corrected chi connectivity index (χ3v) is 6.26. The second kappa shape index (κ2) is 10.7. The fourth-order valence-corrected chi connectivity index (χ4v) is 4.42. The number of fused-ring (bicyclic) bond motifs is 1. The maximum Gasteiger partial charge on any atom is 0.332 e. The van der Waals surface area contributed by atoms with Crippen molar-refractivity contribution < 1.29 is 23.2 Å². The van der Waals surface area contributed by atoms with Crippen LogP contribution < -0.4 is 16.0 Å². The Morgan fingerprint density at radius 2 is 1.83 bits per heavy atom. The fraction of sp³-hybridized carbons (Fsp3) is 0.375. The number of carbonyl (C=O) groups excluding carboxylic acids is 1. The minimum absolute atomic E-state index is 0.0720. The molecule has 0 spiro atoms. The normalized spacial score (nSPS) is 14.4. The number of aromatic nitrogens is 2. The maximum atomic E-state index is 13.6. The number of halogens is 2. The number of nitro groups is 1. The van der Waals surface area contributed by atoms with Crippen LogP contribution in [-0.4, -0.2) is 57.9 Å². The van der Waals surface area contributed by atoms with Crippen molar-refractivity contribution in [1.29, 1.82) is 0 Å². The largest absolute Gasteiger partial charge is 0.485 e. The quantitative estimate of drug-likeness (QED) is 0.252. The standard InChI is InChI=1S/C24H24F2N4O6/c25-12-20(13-26)36-19-4-5-22-21(11-19)23(32)28(14-16-2-1-3-18(10-16)30(34)35)24(33)29(22)17-6-8-27(15-31)9-7-17/h1-5,10-11,15,17,20H,6-9,12-14H2. The van der Waals surface area contributed by atoms with Crippen molar-refractivity contribution in [2.45, 2.75) is 31.5 Å². The molecule has 1 saturated heterocycles. The number of piperidine rings is 1. The van der Waals surface area contributed by atoms with E-state index in [2.05, 4.69) is 0 Å². The number of alkyl halides is 2. The van der Waals surface area contributed by atoms with Gasteiger partial charge in [0.15, 0.2) is 6.10 Å². The van der Waals surface area contributed by atoms with Gasteiger partial charge in [0.05, 0.1) is 22.4 Å². The van der Waals surface area contributed by atoms with E-state index < -0.39 is 35.6 Å². The van der Waals surface area contributed by atoms with E-state index in [0.717, 1.165) is 11.0 Å². The average Bonchev–Trinajstić information content (AvgIpc) is 2.90. The summed E-state index contributed by atoms with van der Waals surface area (Å²) in [7, 11) is 0. The number of nitrogens with zero attached hydrogens (tertiary/aromatic N) is 4. The Morgan fingerprint density at radius 3 is 2.47 bits per heavy atom. The van der Waals surface area contributed by atoms with Crippen LogP contribution >= 0.6 is 0 Å². The Morgan fingerprint density at radius 1 is 1.11 bits per heavy atom. The average molecular weight is 502 g/mol. The van der Waals surface area contributed by atoms with E-state index in [1.165, 1.54) is 41.0 Å². The van der Waals surface area contributed by atoms with Gasteiger partial charge in [0, 0.05) is 31.3 Å². The van der Waals surface area contributed by atoms with E-state index in [1.807, 2.05) is 0 Å². The van der Waals surface area contributed by atoms with Crippen LogP contribution in [-0.2, 0) is 11.3 Å². The highest BCUT2D eigenvalue weighted by atomic mass is 19.1. The van der Waals surface area contributed by atoms with Gasteiger partial charge in [0.1, 0.15) is 19.1 Å². The summed E-state index contributed by atoms with van der Waals surface area (Å²) in [5.41, 5.74) is -0.725. The Balaban J connectivity index is 1.86. The summed E-state index contributed by atoms with van der Waals surface area (Å²) in [4.78, 5) is 50.4. The molecule has 0 unspecified atom stereocenters. The van der Waals surface area contributed by atoms with Crippen molar-refractivity contribution in [1.82, 2.24) is 14.0 Å². The topological polar surface area (TPSA) is 117 Å². The van der Waals surface area contributed by atoms with Crippen LogP contribution in [0, 0.1) is 10.1 Å². The molecule has 190 valence electrons. The molecule has 0 N–H and O–H groups in total. The van der Waals surface area contributed by atoms with Gasteiger partial charge in [-0.15, -0.1) is 0 Å². The van der Waals surface area contributed by atoms with Crippen molar-refractivity contribution in [2.24, 2.45) is 0 Å². The first kappa shape index (κ1) is 25.0. The lowest BCUT2D eigenvalue weighted by molar-refractivity contribution is -0.384. The van der Waals surface area contributed by atoms with Crippen LogP contribution in [0.1, 0.15) is 24.4 Å². The van der Waals surface area contributed by atoms with E-state index in [4.69, 9.17) is 4.74 Å². The number of non-ortho nitro benzene ring substituents is 1. The van der Waals surface area contributed by atoms with E-state index in [9.17, 15) is 33.3 Å². The van der Waals surface area contributed by atoms with Crippen LogP contribution in [0.2, 0.25) is 0 Å². The number of nitro benzene ring substituents is 1. The number of rotatable bonds is 9. The number of amides is 1. The minimum atomic E-state index is -1.33. The molecule has 10 nitrogen and oxygen atoms in total. The van der Waals surface area contributed by atoms with Gasteiger partial charge in [-0.05, 0) is 36.6 Å². The van der Waals surface area contributed by atoms with Crippen molar-refractivity contribution in [3.63, 3.8) is 0 Å². The van der Waals surface area contributed by atoms with E-state index in [1.54, 1.807) is 11.0 Å². The Hall–Kier alpha value is -4.09. The molecule has 1 fully saturated rings. The first-order valence-electron chi connectivity index (χ1n) is 11.4. The molecule has 1 amide bonds. The Labute approximate surface area is 203 Å². The van der Waals surface area contributed by atoms with Gasteiger partial charge < -0.3 is 9.64 Å². The zero-order valence-corrected chi connectivity index (χ0v) is 19.2. The monoisotopic (exact) mass is 502 g/mol. The molecule has 1 aliphatic heterocycles. The molecule has 2 aromatic carbocycles. The van der Waals surface area contributed by atoms with Crippen LogP contribution in [0.5, 0.6) is 5.75 Å². The molecule has 4 rings (SSSR count). The molecule has 0 saturated carbocycles. The SMILES string of the molecule is O=CN1CCC(n2c(=O)n(Cc3cccc([N+](=O)[O-])c3)c(=O)c3cc(OC(CF)CF)ccc32)CC1. The second-order valence-corrected chi connectivity index (χ2v) is 8.57. The number of ether oxygens (including phenoxy) is 1. The predicted octanol–water partition coefficient (Wildman–Crippen LogP) is 2.60. The molecular formula is C24H24F2N4O6. The third kappa shape index (κ3) is 4.97. The lowest BCUT2D eigenvalue weighted by Gasteiger charge is -2.31. The molecule has 0 radical (unpaired) electrons. The van der Waals surface area contributed by atoms with E-state index in [0.29, 0.717) is 37.0 Å². The van der Waals surface area contributed by atoms with Crippen molar-refractivity contribution in [2.75, 3.05) is 26.4 Å². The lowest BCUT2D eigenvalue weighted by atomic mass is 10.0. The number of hydrogen-bond donors (Lipinski definition) is 0. The maximum absolute atomic E-state index is 13.6. The lowest BCUT2D eigenvalue weighted by Crippen LogP contribution is -2.44. The highest BCUT2D eigenvalue weighted by Gasteiger charge is 2.25. The van der Waals surface area contributed by atoms with Gasteiger partial charge in [0.25, 0.3) is 11.2 Å². The summed E-state index contributed by atoms with van der Waals surface area (Å²) >= 11 is 0. The highest BCUT2D eigenvalue weighted by Crippen LogP contribution is 2.26. The Kier molecular flexibility index (Phi) is 7.41. The molecule has 0 aliphatic carbocycles. The van der Waals surface area contributed by atoms with Gasteiger partial charge in [0.2, 0.25) is 6.41 Å². The zero-order valence-electron chi connectivity index (χ0n) is 19.2. The molecule has 0 bridgehead atoms. The molecule has 1 aromatic heterocycles. The molecule has 3 aromatic rings. The summed E-state index contributed by atoms with van der Waals surface area (Å²) in [5, 5.41) is 11.3. The first-order chi connectivity index (χ1) is 17.4. The number of benzene rings is 2. The summed E-state index contributed by atoms with van der Waals surface area (Å²) in [6, 6.07) is 9.61. The van der Waals surface area contributed by atoms with Gasteiger partial charge >= 0.3 is 5.69 Å². The number of likely N-dealkylation sites (tertiary alicyclic amines) is 1. The van der Waals surface area contributed by atoms with Crippen LogP contribution in [0.15, 0.2) is 52.1 Å². The first-order valence-corrected chi connectivity index (χ1v) is 11.4. The van der Waals surface area contributed by atoms with Gasteiger partial charge in [-0.2, -0.15) is 0 Å². The molecule has 12 heteroatoms. The predicted molar refractivity (Wildman–Crippen MR) is 127 cm³/mol. The summed E-state index contributed by atoms with van der Waals surface area (Å²) in [5.74, 6) is 0.0720. The van der Waals surface area contributed by atoms with Gasteiger partial charge in [-0.3, -0.25) is 28.8 Å². The number of hydrogen-bond acceptors (Lipinski definition) is 6. The molecule has 36 heavy (non-hydrogen) atoms. The fourth-order valence-electron chi connectivity index (χ4n) is 4.42. The molecule has 2 heterocycles. The second-order valence-electron chi connectivity index (χ2n) is 8.57. The summed E-state index contributed by atoms with van der Waals surface area (Å²) in [6.45, 7) is -1.46. The zero-order chi connectivity index (χ0) is 25.8. The number of carbonyl (C=O) groups is 1. The summed E-state index contributed by atoms with van der Waals surface area (Å²) < 4.78 is 33.8. The van der Waals surface area contributed by atoms with Crippen LogP contribution in [0.25, 0.3) is 10.9 Å². The van der Waals surface area contributed by atoms with Crippen LogP contribution in [0.3, 0.4) is 0 Å². The third-order valence-electron chi connectivity index (χ3n) is 6.26. The van der Waals surface area contributed by atoms with E-state index in [-0.39, 0.29) is 29.4 Å². The molecule has 0 atom stereocenters. The van der Waals surface area contributed by atoms with E-state index >= 15 is 0 Å². The highest BCUT2D eigenvalue weighted by molar-refractivity contribution is 5.80. The Bertz CT molecular complexity index is 1390. The minimum Gasteiger partial charge on any atom is -0.485 e. The van der Waals surface area contributed by atoms with Crippen molar-refractivity contribution in [3.8, 4) is 5.75 Å². The molecular weight excluding hydrogens is 478 g/mol. The van der Waals surface area contributed by atoms with Crippen molar-refractivity contribution >= 4 is 23.0 Å². The smallest absolute Gasteiger partial charge is 0.332 e. The molecule has 1 aliphatic rings. The van der Waals surface area contributed by atoms with Crippen LogP contribution in [0.4, 0.5) is 14.5 Å². The van der Waals surface area contributed by atoms with Gasteiger partial charge in [-0.25, -0.2) is 13.6 Å². The van der Waals surface area contributed by atoms with Crippen molar-refractivity contribution in [3.05, 3.63) is 79.0 Å².